The molecule has 6 nitrogen and oxygen atoms in total. The molecule has 118 valence electrons. The summed E-state index contributed by atoms with van der Waals surface area (Å²) >= 11 is 0. The third kappa shape index (κ3) is 3.12. The van der Waals surface area contributed by atoms with Gasteiger partial charge in [0.1, 0.15) is 0 Å². The summed E-state index contributed by atoms with van der Waals surface area (Å²) < 4.78 is 0. The van der Waals surface area contributed by atoms with Crippen LogP contribution in [0.2, 0.25) is 0 Å². The highest BCUT2D eigenvalue weighted by Gasteiger charge is 2.13. The first-order valence-electron chi connectivity index (χ1n) is 7.05. The number of rotatable bonds is 4. The van der Waals surface area contributed by atoms with E-state index in [1.165, 1.54) is 30.5 Å². The first kappa shape index (κ1) is 15.4. The van der Waals surface area contributed by atoms with Crippen LogP contribution < -0.4 is 0 Å². The van der Waals surface area contributed by atoms with Crippen molar-refractivity contribution < 1.29 is 19.8 Å². The van der Waals surface area contributed by atoms with E-state index in [2.05, 4.69) is 9.97 Å². The minimum Gasteiger partial charge on any atom is -0.478 e. The summed E-state index contributed by atoms with van der Waals surface area (Å²) in [6, 6.07) is 14.7. The monoisotopic (exact) mass is 320 g/mol. The molecule has 0 saturated heterocycles. The van der Waals surface area contributed by atoms with Gasteiger partial charge in [0.2, 0.25) is 0 Å². The largest absolute Gasteiger partial charge is 0.478 e. The molecule has 0 bridgehead atoms. The quantitative estimate of drug-likeness (QED) is 0.765. The molecule has 24 heavy (non-hydrogen) atoms. The van der Waals surface area contributed by atoms with E-state index >= 15 is 0 Å². The predicted molar refractivity (Wildman–Crippen MR) is 86.8 cm³/mol. The molecule has 0 spiro atoms. The lowest BCUT2D eigenvalue weighted by atomic mass is 10.1. The molecule has 2 aromatic heterocycles. The van der Waals surface area contributed by atoms with E-state index in [0.29, 0.717) is 17.1 Å². The van der Waals surface area contributed by atoms with Crippen LogP contribution in [0.25, 0.3) is 22.6 Å². The fourth-order valence-corrected chi connectivity index (χ4v) is 2.25. The maximum absolute atomic E-state index is 11.4. The minimum atomic E-state index is -1.09. The number of hydrogen-bond acceptors (Lipinski definition) is 4. The Hall–Kier alpha value is -3.54. The molecule has 6 heteroatoms. The van der Waals surface area contributed by atoms with Gasteiger partial charge in [-0.3, -0.25) is 4.98 Å². The summed E-state index contributed by atoms with van der Waals surface area (Å²) in [4.78, 5) is 31.1. The lowest BCUT2D eigenvalue weighted by Crippen LogP contribution is -2.02. The summed E-state index contributed by atoms with van der Waals surface area (Å²) in [5, 5.41) is 18.4. The molecule has 0 atom stereocenters. The number of benzene rings is 1. The number of carboxylic acids is 2. The molecular weight excluding hydrogens is 308 g/mol. The van der Waals surface area contributed by atoms with E-state index < -0.39 is 11.9 Å². The van der Waals surface area contributed by atoms with Crippen molar-refractivity contribution in [3.05, 3.63) is 71.9 Å². The van der Waals surface area contributed by atoms with Gasteiger partial charge in [0.25, 0.3) is 0 Å². The van der Waals surface area contributed by atoms with Crippen molar-refractivity contribution in [2.45, 2.75) is 0 Å². The van der Waals surface area contributed by atoms with E-state index in [-0.39, 0.29) is 11.1 Å². The number of pyridine rings is 2. The Balaban J connectivity index is 2.17. The van der Waals surface area contributed by atoms with Gasteiger partial charge in [-0.2, -0.15) is 0 Å². The number of carbonyl (C=O) groups is 2. The first-order chi connectivity index (χ1) is 11.5. The molecule has 0 aliphatic carbocycles. The van der Waals surface area contributed by atoms with Gasteiger partial charge in [-0.25, -0.2) is 14.6 Å². The highest BCUT2D eigenvalue weighted by atomic mass is 16.4. The number of nitrogens with zero attached hydrogens (tertiary/aromatic N) is 2. The summed E-state index contributed by atoms with van der Waals surface area (Å²) in [6.45, 7) is 0. The zero-order valence-corrected chi connectivity index (χ0v) is 12.4. The van der Waals surface area contributed by atoms with Crippen LogP contribution in [0.5, 0.6) is 0 Å². The Morgan fingerprint density at radius 2 is 1.38 bits per heavy atom. The zero-order chi connectivity index (χ0) is 17.1. The van der Waals surface area contributed by atoms with Crippen molar-refractivity contribution >= 4 is 11.9 Å². The maximum Gasteiger partial charge on any atom is 0.335 e. The van der Waals surface area contributed by atoms with Crippen molar-refractivity contribution in [1.29, 1.82) is 0 Å². The number of aromatic nitrogens is 2. The highest BCUT2D eigenvalue weighted by Crippen LogP contribution is 2.24. The standard InChI is InChI=1S/C18H12N2O4/c21-17(22)12-6-7-19-15(8-12)16-10-13(18(23)24)9-14(20-16)11-4-2-1-3-5-11/h1-10H,(H,21,22)(H,23,24). The van der Waals surface area contributed by atoms with Gasteiger partial charge in [-0.15, -0.1) is 0 Å². The molecule has 3 rings (SSSR count). The SMILES string of the molecule is O=C(O)c1ccnc(-c2cc(C(=O)O)cc(-c3ccccc3)n2)c1. The van der Waals surface area contributed by atoms with Crippen LogP contribution >= 0.6 is 0 Å². The second kappa shape index (κ2) is 6.29. The summed E-state index contributed by atoms with van der Waals surface area (Å²) in [6.07, 6.45) is 1.36. The van der Waals surface area contributed by atoms with Gasteiger partial charge in [0.15, 0.2) is 0 Å². The van der Waals surface area contributed by atoms with E-state index in [9.17, 15) is 14.7 Å². The van der Waals surface area contributed by atoms with Crippen LogP contribution in [0, 0.1) is 0 Å². The second-order valence-corrected chi connectivity index (χ2v) is 5.03. The molecule has 0 amide bonds. The van der Waals surface area contributed by atoms with Crippen molar-refractivity contribution in [3.63, 3.8) is 0 Å². The molecule has 0 unspecified atom stereocenters. The number of hydrogen-bond donors (Lipinski definition) is 2. The average molecular weight is 320 g/mol. The van der Waals surface area contributed by atoms with Crippen molar-refractivity contribution in [2.24, 2.45) is 0 Å². The molecule has 0 saturated carbocycles. The Morgan fingerprint density at radius 3 is 2.04 bits per heavy atom. The summed E-state index contributed by atoms with van der Waals surface area (Å²) in [7, 11) is 0. The smallest absolute Gasteiger partial charge is 0.335 e. The third-order valence-electron chi connectivity index (χ3n) is 3.41. The van der Waals surface area contributed by atoms with Gasteiger partial charge in [0, 0.05) is 11.8 Å². The molecule has 0 aliphatic heterocycles. The predicted octanol–water partition coefficient (Wildman–Crippen LogP) is 3.21. The molecule has 0 fully saturated rings. The minimum absolute atomic E-state index is 0.0568. The maximum atomic E-state index is 11.4. The van der Waals surface area contributed by atoms with Gasteiger partial charge in [0.05, 0.1) is 28.2 Å². The summed E-state index contributed by atoms with van der Waals surface area (Å²) in [5.41, 5.74) is 1.96. The third-order valence-corrected chi connectivity index (χ3v) is 3.41. The van der Waals surface area contributed by atoms with Gasteiger partial charge < -0.3 is 10.2 Å². The van der Waals surface area contributed by atoms with Crippen LogP contribution in [-0.4, -0.2) is 32.1 Å². The van der Waals surface area contributed by atoms with E-state index in [1.54, 1.807) is 0 Å². The second-order valence-electron chi connectivity index (χ2n) is 5.03. The zero-order valence-electron chi connectivity index (χ0n) is 12.4. The van der Waals surface area contributed by atoms with E-state index in [4.69, 9.17) is 5.11 Å². The molecule has 3 aromatic rings. The number of carboxylic acid groups (broad SMARTS) is 2. The van der Waals surface area contributed by atoms with E-state index in [1.807, 2.05) is 30.3 Å². The van der Waals surface area contributed by atoms with Gasteiger partial charge in [-0.05, 0) is 24.3 Å². The Labute approximate surface area is 137 Å². The molecule has 2 N–H and O–H groups in total. The molecule has 0 radical (unpaired) electrons. The fraction of sp³-hybridized carbons (Fsp3) is 0. The van der Waals surface area contributed by atoms with E-state index in [0.717, 1.165) is 5.56 Å². The van der Waals surface area contributed by atoms with Crippen molar-refractivity contribution in [1.82, 2.24) is 9.97 Å². The van der Waals surface area contributed by atoms with Crippen LogP contribution in [0.4, 0.5) is 0 Å². The lowest BCUT2D eigenvalue weighted by molar-refractivity contribution is 0.0686. The summed E-state index contributed by atoms with van der Waals surface area (Å²) in [5.74, 6) is -2.18. The molecule has 0 aliphatic rings. The van der Waals surface area contributed by atoms with Gasteiger partial charge >= 0.3 is 11.9 Å². The average Bonchev–Trinajstić information content (AvgIpc) is 2.62. The molecular formula is C18H12N2O4. The first-order valence-corrected chi connectivity index (χ1v) is 7.05. The normalized spacial score (nSPS) is 10.3. The molecule has 2 heterocycles. The highest BCUT2D eigenvalue weighted by molar-refractivity contribution is 5.91. The number of aromatic carboxylic acids is 2. The molecule has 1 aromatic carbocycles. The topological polar surface area (TPSA) is 100 Å². The Morgan fingerprint density at radius 1 is 0.750 bits per heavy atom. The fourth-order valence-electron chi connectivity index (χ4n) is 2.25. The van der Waals surface area contributed by atoms with Crippen LogP contribution in [0.3, 0.4) is 0 Å². The Bertz CT molecular complexity index is 923. The van der Waals surface area contributed by atoms with Crippen molar-refractivity contribution in [2.75, 3.05) is 0 Å². The lowest BCUT2D eigenvalue weighted by Gasteiger charge is -2.07. The van der Waals surface area contributed by atoms with Crippen molar-refractivity contribution in [3.8, 4) is 22.6 Å². The van der Waals surface area contributed by atoms with Crippen LogP contribution in [-0.2, 0) is 0 Å². The van der Waals surface area contributed by atoms with Gasteiger partial charge in [-0.1, -0.05) is 30.3 Å². The van der Waals surface area contributed by atoms with Crippen LogP contribution in [0.1, 0.15) is 20.7 Å². The Kier molecular flexibility index (Phi) is 4.03. The van der Waals surface area contributed by atoms with Crippen LogP contribution in [0.15, 0.2) is 60.8 Å².